The normalized spacial score (nSPS) is 11.8. The van der Waals surface area contributed by atoms with E-state index < -0.39 is 16.9 Å². The Bertz CT molecular complexity index is 743. The number of amides is 1. The van der Waals surface area contributed by atoms with E-state index in [0.29, 0.717) is 5.56 Å². The van der Waals surface area contributed by atoms with Crippen LogP contribution in [0, 0.1) is 24.0 Å². The molecule has 1 atom stereocenters. The maximum atomic E-state index is 12.2. The van der Waals surface area contributed by atoms with Gasteiger partial charge in [0.25, 0.3) is 11.6 Å². The van der Waals surface area contributed by atoms with E-state index in [4.69, 9.17) is 0 Å². The Labute approximate surface area is 133 Å². The van der Waals surface area contributed by atoms with Crippen molar-refractivity contribution in [2.24, 2.45) is 0 Å². The van der Waals surface area contributed by atoms with Gasteiger partial charge < -0.3 is 10.4 Å². The summed E-state index contributed by atoms with van der Waals surface area (Å²) in [6.07, 6.45) is -0.834. The van der Waals surface area contributed by atoms with Gasteiger partial charge in [-0.25, -0.2) is 0 Å². The van der Waals surface area contributed by atoms with Crippen molar-refractivity contribution >= 4 is 11.6 Å². The molecule has 23 heavy (non-hydrogen) atoms. The monoisotopic (exact) mass is 314 g/mol. The molecule has 1 amide bonds. The number of aryl methyl sites for hydroxylation is 1. The minimum absolute atomic E-state index is 0.0336. The number of aliphatic hydroxyl groups excluding tert-OH is 1. The van der Waals surface area contributed by atoms with Gasteiger partial charge in [0.05, 0.1) is 11.0 Å². The summed E-state index contributed by atoms with van der Waals surface area (Å²) in [5.41, 5.74) is 2.11. The molecule has 0 saturated carbocycles. The van der Waals surface area contributed by atoms with E-state index >= 15 is 0 Å². The van der Waals surface area contributed by atoms with Gasteiger partial charge >= 0.3 is 0 Å². The number of nitrogens with one attached hydrogen (secondary N) is 1. The van der Waals surface area contributed by atoms with Crippen molar-refractivity contribution in [3.8, 4) is 0 Å². The number of rotatable bonds is 5. The van der Waals surface area contributed by atoms with Crippen LogP contribution in [-0.2, 0) is 0 Å². The van der Waals surface area contributed by atoms with Crippen molar-refractivity contribution in [3.63, 3.8) is 0 Å². The molecule has 0 fully saturated rings. The zero-order valence-electron chi connectivity index (χ0n) is 12.9. The van der Waals surface area contributed by atoms with E-state index in [2.05, 4.69) is 5.32 Å². The number of hydrogen-bond donors (Lipinski definition) is 2. The lowest BCUT2D eigenvalue weighted by Gasteiger charge is -2.15. The predicted octanol–water partition coefficient (Wildman–Crippen LogP) is 2.68. The van der Waals surface area contributed by atoms with E-state index in [1.807, 2.05) is 25.1 Å². The molecule has 120 valence electrons. The zero-order chi connectivity index (χ0) is 17.0. The third kappa shape index (κ3) is 3.73. The number of nitro groups is 1. The fourth-order valence-electron chi connectivity index (χ4n) is 2.42. The van der Waals surface area contributed by atoms with Crippen LogP contribution in [0.3, 0.4) is 0 Å². The van der Waals surface area contributed by atoms with E-state index in [9.17, 15) is 20.0 Å². The minimum atomic E-state index is -0.834. The summed E-state index contributed by atoms with van der Waals surface area (Å²) in [5.74, 6) is -0.446. The van der Waals surface area contributed by atoms with Crippen LogP contribution >= 0.6 is 0 Å². The summed E-state index contributed by atoms with van der Waals surface area (Å²) in [6, 6.07) is 11.7. The maximum absolute atomic E-state index is 12.2. The maximum Gasteiger partial charge on any atom is 0.273 e. The second-order valence-corrected chi connectivity index (χ2v) is 5.29. The van der Waals surface area contributed by atoms with Gasteiger partial charge in [-0.3, -0.25) is 14.9 Å². The highest BCUT2D eigenvalue weighted by atomic mass is 16.6. The molecule has 0 aliphatic rings. The van der Waals surface area contributed by atoms with Gasteiger partial charge in [-0.15, -0.1) is 0 Å². The molecule has 1 unspecified atom stereocenters. The standard InChI is InChI=1S/C17H18N2O4/c1-11-6-3-4-7-13(11)16(20)10-18-17(21)14-8-5-9-15(12(14)2)19(22)23/h3-9,16,20H,10H2,1-2H3,(H,18,21). The van der Waals surface area contributed by atoms with Gasteiger partial charge in [-0.2, -0.15) is 0 Å². The molecular formula is C17H18N2O4. The number of carbonyl (C=O) groups is 1. The molecule has 0 radical (unpaired) electrons. The molecule has 0 saturated heterocycles. The van der Waals surface area contributed by atoms with Crippen LogP contribution in [0.1, 0.15) is 33.2 Å². The van der Waals surface area contributed by atoms with Crippen LogP contribution < -0.4 is 5.32 Å². The van der Waals surface area contributed by atoms with Gasteiger partial charge in [0, 0.05) is 23.7 Å². The average Bonchev–Trinajstić information content (AvgIpc) is 2.52. The highest BCUT2D eigenvalue weighted by Crippen LogP contribution is 2.21. The summed E-state index contributed by atoms with van der Waals surface area (Å²) in [7, 11) is 0. The van der Waals surface area contributed by atoms with Crippen molar-refractivity contribution in [3.05, 3.63) is 74.8 Å². The lowest BCUT2D eigenvalue weighted by molar-refractivity contribution is -0.385. The van der Waals surface area contributed by atoms with E-state index in [1.54, 1.807) is 6.07 Å². The molecule has 6 heteroatoms. The second-order valence-electron chi connectivity index (χ2n) is 5.29. The Hall–Kier alpha value is -2.73. The van der Waals surface area contributed by atoms with Crippen LogP contribution in [0.4, 0.5) is 5.69 Å². The number of hydrogen-bond acceptors (Lipinski definition) is 4. The first-order valence-corrected chi connectivity index (χ1v) is 7.17. The Morgan fingerprint density at radius 2 is 1.91 bits per heavy atom. The number of aliphatic hydroxyl groups is 1. The Morgan fingerprint density at radius 3 is 2.57 bits per heavy atom. The number of benzene rings is 2. The SMILES string of the molecule is Cc1ccccc1C(O)CNC(=O)c1cccc([N+](=O)[O-])c1C. The molecule has 2 rings (SSSR count). The summed E-state index contributed by atoms with van der Waals surface area (Å²) in [6.45, 7) is 3.45. The quantitative estimate of drug-likeness (QED) is 0.655. The molecular weight excluding hydrogens is 296 g/mol. The number of nitrogens with zero attached hydrogens (tertiary/aromatic N) is 1. The van der Waals surface area contributed by atoms with Crippen molar-refractivity contribution in [2.75, 3.05) is 6.54 Å². The molecule has 2 N–H and O–H groups in total. The van der Waals surface area contributed by atoms with E-state index in [1.165, 1.54) is 25.1 Å². The van der Waals surface area contributed by atoms with Crippen LogP contribution in [0.25, 0.3) is 0 Å². The van der Waals surface area contributed by atoms with Crippen molar-refractivity contribution < 1.29 is 14.8 Å². The molecule has 2 aromatic carbocycles. The molecule has 0 spiro atoms. The summed E-state index contributed by atoms with van der Waals surface area (Å²) < 4.78 is 0. The molecule has 0 aliphatic heterocycles. The minimum Gasteiger partial charge on any atom is -0.387 e. The first-order chi connectivity index (χ1) is 10.9. The molecule has 2 aromatic rings. The van der Waals surface area contributed by atoms with Gasteiger partial charge in [-0.1, -0.05) is 30.3 Å². The summed E-state index contributed by atoms with van der Waals surface area (Å²) >= 11 is 0. The Morgan fingerprint density at radius 1 is 1.22 bits per heavy atom. The molecule has 0 heterocycles. The van der Waals surface area contributed by atoms with Gasteiger partial charge in [0.15, 0.2) is 0 Å². The van der Waals surface area contributed by atoms with Crippen molar-refractivity contribution in [1.82, 2.24) is 5.32 Å². The predicted molar refractivity (Wildman–Crippen MR) is 86.3 cm³/mol. The van der Waals surface area contributed by atoms with Crippen LogP contribution in [0.15, 0.2) is 42.5 Å². The highest BCUT2D eigenvalue weighted by molar-refractivity contribution is 5.96. The zero-order valence-corrected chi connectivity index (χ0v) is 12.9. The topological polar surface area (TPSA) is 92.5 Å². The molecule has 0 bridgehead atoms. The number of nitro benzene ring substituents is 1. The van der Waals surface area contributed by atoms with E-state index in [-0.39, 0.29) is 17.8 Å². The number of carbonyl (C=O) groups excluding carboxylic acids is 1. The molecule has 6 nitrogen and oxygen atoms in total. The molecule has 0 aromatic heterocycles. The van der Waals surface area contributed by atoms with Crippen LogP contribution in [0.5, 0.6) is 0 Å². The summed E-state index contributed by atoms with van der Waals surface area (Å²) in [5, 5.41) is 23.7. The van der Waals surface area contributed by atoms with Gasteiger partial charge in [0.1, 0.15) is 0 Å². The third-order valence-corrected chi connectivity index (χ3v) is 3.75. The fraction of sp³-hybridized carbons (Fsp3) is 0.235. The third-order valence-electron chi connectivity index (χ3n) is 3.75. The van der Waals surface area contributed by atoms with Crippen molar-refractivity contribution in [2.45, 2.75) is 20.0 Å². The van der Waals surface area contributed by atoms with Crippen molar-refractivity contribution in [1.29, 1.82) is 0 Å². The Balaban J connectivity index is 2.10. The van der Waals surface area contributed by atoms with Crippen LogP contribution in [-0.4, -0.2) is 22.5 Å². The largest absolute Gasteiger partial charge is 0.387 e. The fourth-order valence-corrected chi connectivity index (χ4v) is 2.42. The van der Waals surface area contributed by atoms with Gasteiger partial charge in [-0.05, 0) is 31.0 Å². The lowest BCUT2D eigenvalue weighted by Crippen LogP contribution is -2.29. The van der Waals surface area contributed by atoms with Crippen LogP contribution in [0.2, 0.25) is 0 Å². The first kappa shape index (κ1) is 16.6. The van der Waals surface area contributed by atoms with E-state index in [0.717, 1.165) is 11.1 Å². The average molecular weight is 314 g/mol. The van der Waals surface area contributed by atoms with Gasteiger partial charge in [0.2, 0.25) is 0 Å². The second kappa shape index (κ2) is 7.02. The smallest absolute Gasteiger partial charge is 0.273 e. The Kier molecular flexibility index (Phi) is 5.08. The lowest BCUT2D eigenvalue weighted by atomic mass is 10.0. The molecule has 0 aliphatic carbocycles. The summed E-state index contributed by atoms with van der Waals surface area (Å²) in [4.78, 5) is 22.6. The first-order valence-electron chi connectivity index (χ1n) is 7.17. The highest BCUT2D eigenvalue weighted by Gasteiger charge is 2.19.